The quantitative estimate of drug-likeness (QED) is 0.785. The van der Waals surface area contributed by atoms with E-state index in [1.807, 2.05) is 36.4 Å². The van der Waals surface area contributed by atoms with E-state index in [4.69, 9.17) is 4.52 Å². The molecule has 2 aromatic carbocycles. The maximum atomic E-state index is 11.7. The Morgan fingerprint density at radius 1 is 0.812 bits per heavy atom. The summed E-state index contributed by atoms with van der Waals surface area (Å²) < 4.78 is 17.0. The van der Waals surface area contributed by atoms with Crippen LogP contribution in [0.4, 0.5) is 0 Å². The third-order valence-corrected chi connectivity index (χ3v) is 2.99. The molecule has 0 aliphatic carbocycles. The fourth-order valence-electron chi connectivity index (χ4n) is 1.18. The fraction of sp³-hybridized carbons (Fsp3) is 0. The molecule has 0 heterocycles. The van der Waals surface area contributed by atoms with Gasteiger partial charge in [0, 0.05) is 40.8 Å². The van der Waals surface area contributed by atoms with Gasteiger partial charge in [-0.05, 0) is 28.8 Å². The van der Waals surface area contributed by atoms with Crippen LogP contribution in [0.2, 0.25) is 0 Å². The summed E-state index contributed by atoms with van der Waals surface area (Å²) in [4.78, 5) is 0. The van der Waals surface area contributed by atoms with E-state index in [1.165, 1.54) is 0 Å². The predicted molar refractivity (Wildman–Crippen MR) is 60.8 cm³/mol. The first-order valence-corrected chi connectivity index (χ1v) is 5.79. The minimum Gasteiger partial charge on any atom is -0.250 e. The number of benzene rings is 2. The Kier molecular flexibility index (Phi) is 6.11. The summed E-state index contributed by atoms with van der Waals surface area (Å²) in [5.74, 6) is 0.627. The Morgan fingerprint density at radius 3 is 1.88 bits per heavy atom. The second kappa shape index (κ2) is 7.10. The molecule has 0 fully saturated rings. The molecule has 78 valence electrons. The summed E-state index contributed by atoms with van der Waals surface area (Å²) in [5.41, 5.74) is 0. The summed E-state index contributed by atoms with van der Waals surface area (Å²) in [6.45, 7) is 0. The molecule has 2 aromatic rings. The van der Waals surface area contributed by atoms with Gasteiger partial charge in [-0.2, -0.15) is 0 Å². The van der Waals surface area contributed by atoms with Crippen molar-refractivity contribution >= 4 is 13.3 Å². The predicted octanol–water partition coefficient (Wildman–Crippen LogP) is 3.13. The van der Waals surface area contributed by atoms with Crippen molar-refractivity contribution < 1.29 is 49.9 Å². The Bertz CT molecular complexity index is 445. The van der Waals surface area contributed by atoms with Crippen LogP contribution >= 0.6 is 8.03 Å². The van der Waals surface area contributed by atoms with Gasteiger partial charge in [-0.3, -0.25) is 4.52 Å². The molecule has 2 rings (SSSR count). The van der Waals surface area contributed by atoms with Crippen LogP contribution in [0, 0.1) is 40.8 Å². The van der Waals surface area contributed by atoms with Crippen LogP contribution in [-0.2, 0) is 4.57 Å². The van der Waals surface area contributed by atoms with Gasteiger partial charge in [0.05, 0.1) is 0 Å². The van der Waals surface area contributed by atoms with Crippen molar-refractivity contribution in [2.24, 2.45) is 0 Å². The average Bonchev–Trinajstić information content (AvgIpc) is 2.31. The molecule has 0 aliphatic rings. The molecule has 1 atom stereocenters. The molecule has 16 heavy (non-hydrogen) atoms. The monoisotopic (exact) mass is 359 g/mol. The van der Waals surface area contributed by atoms with Crippen LogP contribution in [0.25, 0.3) is 0 Å². The fourth-order valence-corrected chi connectivity index (χ4v) is 2.01. The third-order valence-electron chi connectivity index (χ3n) is 1.90. The first-order valence-electron chi connectivity index (χ1n) is 4.61. The van der Waals surface area contributed by atoms with Crippen LogP contribution in [0.1, 0.15) is 0 Å². The van der Waals surface area contributed by atoms with E-state index < -0.39 is 8.03 Å². The van der Waals surface area contributed by atoms with E-state index in [9.17, 15) is 4.57 Å². The molecule has 2 nitrogen and oxygen atoms in total. The zero-order valence-corrected chi connectivity index (χ0v) is 12.6. The van der Waals surface area contributed by atoms with E-state index in [0.29, 0.717) is 11.1 Å². The van der Waals surface area contributed by atoms with Crippen molar-refractivity contribution in [2.75, 3.05) is 0 Å². The first-order chi connectivity index (χ1) is 7.36. The maximum absolute atomic E-state index is 11.7. The Hall–Kier alpha value is -0.309. The van der Waals surface area contributed by atoms with Crippen LogP contribution < -0.4 is 9.83 Å². The number of hydrogen-bond acceptors (Lipinski definition) is 2. The van der Waals surface area contributed by atoms with E-state index in [1.54, 1.807) is 24.3 Å². The smallest absolute Gasteiger partial charge is 0.250 e. The molecule has 0 amide bonds. The molecule has 0 radical (unpaired) electrons. The molecule has 0 bridgehead atoms. The van der Waals surface area contributed by atoms with Gasteiger partial charge in [0.2, 0.25) is 5.30 Å². The van der Waals surface area contributed by atoms with E-state index in [2.05, 4.69) is 0 Å². The van der Waals surface area contributed by atoms with Gasteiger partial charge in [-0.15, -0.1) is 0 Å². The minimum atomic E-state index is -1.80. The summed E-state index contributed by atoms with van der Waals surface area (Å²) in [6.07, 6.45) is 0. The molecule has 0 saturated heterocycles. The number of hydrogen-bond donors (Lipinski definition) is 0. The van der Waals surface area contributed by atoms with E-state index >= 15 is 0 Å². The summed E-state index contributed by atoms with van der Waals surface area (Å²) in [5, 5.41) is 0.705. The van der Waals surface area contributed by atoms with Crippen molar-refractivity contribution in [3.8, 4) is 5.75 Å². The zero-order chi connectivity index (χ0) is 10.5. The largest absolute Gasteiger partial charge is 0.597 e. The summed E-state index contributed by atoms with van der Waals surface area (Å²) >= 11 is 0. The van der Waals surface area contributed by atoms with Crippen molar-refractivity contribution in [1.82, 2.24) is 0 Å². The van der Waals surface area contributed by atoms with Crippen molar-refractivity contribution in [2.45, 2.75) is 0 Å². The Morgan fingerprint density at radius 2 is 1.31 bits per heavy atom. The van der Waals surface area contributed by atoms with Gasteiger partial charge < -0.3 is 0 Å². The van der Waals surface area contributed by atoms with Crippen molar-refractivity contribution in [1.29, 1.82) is 0 Å². The SMILES string of the molecule is O=[P+](Oc1ccccc1)c1ccccc1.[Nd]. The molecule has 0 aliphatic heterocycles. The molecule has 4 heteroatoms. The van der Waals surface area contributed by atoms with Crippen LogP contribution in [0.5, 0.6) is 5.75 Å². The zero-order valence-electron chi connectivity index (χ0n) is 8.54. The molecular weight excluding hydrogens is 351 g/mol. The van der Waals surface area contributed by atoms with Crippen LogP contribution in [0.15, 0.2) is 60.7 Å². The normalized spacial score (nSPS) is 10.1. The minimum absolute atomic E-state index is 0. The molecule has 1 unspecified atom stereocenters. The molecule has 0 aromatic heterocycles. The third kappa shape index (κ3) is 3.93. The molecular formula is C12H10NdO2P+. The van der Waals surface area contributed by atoms with Gasteiger partial charge in [0.25, 0.3) is 0 Å². The molecule has 0 spiro atoms. The second-order valence-electron chi connectivity index (χ2n) is 3.00. The van der Waals surface area contributed by atoms with Gasteiger partial charge in [0.15, 0.2) is 5.75 Å². The second-order valence-corrected chi connectivity index (χ2v) is 4.21. The van der Waals surface area contributed by atoms with E-state index in [-0.39, 0.29) is 40.8 Å². The Balaban J connectivity index is 0.00000128. The summed E-state index contributed by atoms with van der Waals surface area (Å²) in [6, 6.07) is 18.3. The molecule has 0 saturated carbocycles. The Labute approximate surface area is 128 Å². The topological polar surface area (TPSA) is 26.3 Å². The van der Waals surface area contributed by atoms with Gasteiger partial charge in [-0.25, -0.2) is 0 Å². The standard InChI is InChI=1S/C12H10O2P.Nd/c13-15(12-9-5-2-6-10-12)14-11-7-3-1-4-8-11;/h1-10H;/q+1;. The average molecular weight is 361 g/mol. The van der Waals surface area contributed by atoms with Crippen LogP contribution in [-0.4, -0.2) is 0 Å². The van der Waals surface area contributed by atoms with Crippen molar-refractivity contribution in [3.05, 3.63) is 60.7 Å². The van der Waals surface area contributed by atoms with Crippen molar-refractivity contribution in [3.63, 3.8) is 0 Å². The first kappa shape index (κ1) is 13.8. The number of rotatable bonds is 3. The number of para-hydroxylation sites is 1. The summed E-state index contributed by atoms with van der Waals surface area (Å²) in [7, 11) is -1.80. The van der Waals surface area contributed by atoms with Gasteiger partial charge in [0.1, 0.15) is 0 Å². The van der Waals surface area contributed by atoms with Crippen LogP contribution in [0.3, 0.4) is 0 Å². The molecule has 0 N–H and O–H groups in total. The van der Waals surface area contributed by atoms with Gasteiger partial charge >= 0.3 is 8.03 Å². The van der Waals surface area contributed by atoms with Gasteiger partial charge in [-0.1, -0.05) is 36.4 Å². The maximum Gasteiger partial charge on any atom is 0.597 e. The van der Waals surface area contributed by atoms with E-state index in [0.717, 1.165) is 0 Å².